The number of pyridine rings is 1. The minimum atomic E-state index is -0.565. The first-order valence-corrected chi connectivity index (χ1v) is 8.79. The van der Waals surface area contributed by atoms with E-state index in [4.69, 9.17) is 0 Å². The molecule has 26 heavy (non-hydrogen) atoms. The number of carbonyl (C=O) groups is 2. The fourth-order valence-corrected chi connectivity index (χ4v) is 3.47. The van der Waals surface area contributed by atoms with Crippen molar-refractivity contribution in [1.29, 1.82) is 0 Å². The summed E-state index contributed by atoms with van der Waals surface area (Å²) in [5, 5.41) is 0. The van der Waals surface area contributed by atoms with Gasteiger partial charge in [0.05, 0.1) is 11.3 Å². The fourth-order valence-electron chi connectivity index (χ4n) is 3.47. The van der Waals surface area contributed by atoms with Gasteiger partial charge in [0.15, 0.2) is 5.78 Å². The summed E-state index contributed by atoms with van der Waals surface area (Å²) in [5.41, 5.74) is 2.31. The summed E-state index contributed by atoms with van der Waals surface area (Å²) < 4.78 is 15.8. The first kappa shape index (κ1) is 16.5. The lowest BCUT2D eigenvalue weighted by Gasteiger charge is -2.13. The summed E-state index contributed by atoms with van der Waals surface area (Å²) in [7, 11) is 0. The molecule has 2 heterocycles. The molecule has 0 bridgehead atoms. The van der Waals surface area contributed by atoms with Gasteiger partial charge in [-0.25, -0.2) is 4.39 Å². The zero-order valence-electron chi connectivity index (χ0n) is 14.2. The van der Waals surface area contributed by atoms with Crippen molar-refractivity contribution in [2.75, 3.05) is 0 Å². The molecule has 3 nitrogen and oxygen atoms in total. The van der Waals surface area contributed by atoms with Gasteiger partial charge in [0, 0.05) is 17.3 Å². The molecule has 4 heteroatoms. The van der Waals surface area contributed by atoms with Crippen molar-refractivity contribution in [2.45, 2.75) is 25.7 Å². The number of Topliss-reactive ketones (excluding diaryl/α,β-unsaturated/α-hetero) is 1. The van der Waals surface area contributed by atoms with Crippen molar-refractivity contribution >= 4 is 17.1 Å². The van der Waals surface area contributed by atoms with Crippen LogP contribution in [0.4, 0.5) is 4.39 Å². The zero-order chi connectivity index (χ0) is 18.1. The predicted octanol–water partition coefficient (Wildman–Crippen LogP) is 4.99. The average Bonchev–Trinajstić information content (AvgIpc) is 3.16. The number of halogens is 1. The summed E-state index contributed by atoms with van der Waals surface area (Å²) >= 11 is 0. The molecule has 1 aliphatic carbocycles. The molecule has 0 fully saturated rings. The molecule has 0 saturated heterocycles. The van der Waals surface area contributed by atoms with Crippen LogP contribution < -0.4 is 0 Å². The molecule has 0 amide bonds. The van der Waals surface area contributed by atoms with Gasteiger partial charge in [-0.15, -0.1) is 0 Å². The number of allylic oxidation sites excluding steroid dienone is 2. The van der Waals surface area contributed by atoms with Gasteiger partial charge in [0.25, 0.3) is 0 Å². The molecule has 4 rings (SSSR count). The molecule has 0 unspecified atom stereocenters. The molecule has 0 radical (unpaired) electrons. The highest BCUT2D eigenvalue weighted by Gasteiger charge is 2.21. The Labute approximate surface area is 150 Å². The van der Waals surface area contributed by atoms with E-state index in [0.29, 0.717) is 5.56 Å². The maximum atomic E-state index is 14.1. The maximum Gasteiger partial charge on any atom is 0.212 e. The number of nitrogens with zero attached hydrogens (tertiary/aromatic N) is 1. The lowest BCUT2D eigenvalue weighted by molar-refractivity contribution is 0.102. The van der Waals surface area contributed by atoms with Gasteiger partial charge in [-0.2, -0.15) is 0 Å². The van der Waals surface area contributed by atoms with Crippen LogP contribution in [0.2, 0.25) is 0 Å². The molecule has 0 spiro atoms. The van der Waals surface area contributed by atoms with Crippen LogP contribution in [0.3, 0.4) is 0 Å². The Morgan fingerprint density at radius 2 is 1.81 bits per heavy atom. The van der Waals surface area contributed by atoms with Gasteiger partial charge in [-0.05, 0) is 67.7 Å². The van der Waals surface area contributed by atoms with Crippen LogP contribution in [-0.4, -0.2) is 16.0 Å². The van der Waals surface area contributed by atoms with E-state index in [1.807, 2.05) is 18.2 Å². The van der Waals surface area contributed by atoms with Crippen molar-refractivity contribution in [1.82, 2.24) is 4.40 Å². The summed E-state index contributed by atoms with van der Waals surface area (Å²) in [6.07, 6.45) is 7.53. The second-order valence-corrected chi connectivity index (χ2v) is 6.55. The van der Waals surface area contributed by atoms with Crippen LogP contribution in [0.25, 0.3) is 5.52 Å². The molecular formula is C22H18FNO2. The van der Waals surface area contributed by atoms with Gasteiger partial charge >= 0.3 is 0 Å². The SMILES string of the molecule is O=C(C1=CCCCC1)c1cc(C(=O)c2ccccc2F)n2cccc2c1. The van der Waals surface area contributed by atoms with Crippen LogP contribution in [0.15, 0.2) is 66.4 Å². The molecule has 0 saturated carbocycles. The van der Waals surface area contributed by atoms with E-state index in [0.717, 1.165) is 36.8 Å². The normalized spacial score (nSPS) is 14.3. The van der Waals surface area contributed by atoms with Crippen LogP contribution in [0.5, 0.6) is 0 Å². The highest BCUT2D eigenvalue weighted by Crippen LogP contribution is 2.24. The van der Waals surface area contributed by atoms with Gasteiger partial charge in [-0.1, -0.05) is 18.2 Å². The van der Waals surface area contributed by atoms with E-state index in [1.54, 1.807) is 34.9 Å². The van der Waals surface area contributed by atoms with Crippen LogP contribution in [0, 0.1) is 5.82 Å². The maximum absolute atomic E-state index is 14.1. The molecule has 1 aliphatic rings. The standard InChI is InChI=1S/C22H18FNO2/c23-19-11-5-4-10-18(19)22(26)20-14-16(13-17-9-6-12-24(17)20)21(25)15-7-2-1-3-8-15/h4-7,9-14H,1-3,8H2. The first-order chi connectivity index (χ1) is 12.6. The van der Waals surface area contributed by atoms with E-state index in [-0.39, 0.29) is 17.0 Å². The van der Waals surface area contributed by atoms with E-state index in [2.05, 4.69) is 0 Å². The van der Waals surface area contributed by atoms with Gasteiger partial charge < -0.3 is 4.40 Å². The number of fused-ring (bicyclic) bond motifs is 1. The van der Waals surface area contributed by atoms with Crippen LogP contribution in [-0.2, 0) is 0 Å². The van der Waals surface area contributed by atoms with Gasteiger partial charge in [-0.3, -0.25) is 9.59 Å². The van der Waals surface area contributed by atoms with Crippen molar-refractivity contribution in [3.05, 3.63) is 89.0 Å². The number of rotatable bonds is 4. The number of hydrogen-bond acceptors (Lipinski definition) is 2. The highest BCUT2D eigenvalue weighted by atomic mass is 19.1. The number of benzene rings is 1. The Bertz CT molecular complexity index is 1050. The third-order valence-corrected chi connectivity index (χ3v) is 4.83. The molecule has 0 atom stereocenters. The third-order valence-electron chi connectivity index (χ3n) is 4.83. The molecule has 0 N–H and O–H groups in total. The van der Waals surface area contributed by atoms with E-state index in [9.17, 15) is 14.0 Å². The smallest absolute Gasteiger partial charge is 0.212 e. The Morgan fingerprint density at radius 3 is 2.58 bits per heavy atom. The molecule has 3 aromatic rings. The van der Waals surface area contributed by atoms with Crippen molar-refractivity contribution in [3.8, 4) is 0 Å². The first-order valence-electron chi connectivity index (χ1n) is 8.79. The Kier molecular flexibility index (Phi) is 4.25. The van der Waals surface area contributed by atoms with Crippen LogP contribution >= 0.6 is 0 Å². The van der Waals surface area contributed by atoms with Crippen molar-refractivity contribution < 1.29 is 14.0 Å². The quantitative estimate of drug-likeness (QED) is 0.624. The second-order valence-electron chi connectivity index (χ2n) is 6.55. The number of aromatic nitrogens is 1. The number of carbonyl (C=O) groups excluding carboxylic acids is 2. The van der Waals surface area contributed by atoms with Crippen molar-refractivity contribution in [3.63, 3.8) is 0 Å². The minimum Gasteiger partial charge on any atom is -0.314 e. The minimum absolute atomic E-state index is 0.00369. The fraction of sp³-hybridized carbons (Fsp3) is 0.182. The van der Waals surface area contributed by atoms with Crippen LogP contribution in [0.1, 0.15) is 52.1 Å². The number of hydrogen-bond donors (Lipinski definition) is 0. The summed E-state index contributed by atoms with van der Waals surface area (Å²) in [6, 6.07) is 12.9. The number of ketones is 2. The molecule has 2 aromatic heterocycles. The lowest BCUT2D eigenvalue weighted by atomic mass is 9.92. The Hall–Kier alpha value is -3.01. The van der Waals surface area contributed by atoms with Gasteiger partial charge in [0.1, 0.15) is 5.82 Å². The summed E-state index contributed by atoms with van der Waals surface area (Å²) in [5.74, 6) is -1.04. The topological polar surface area (TPSA) is 38.5 Å². The third kappa shape index (κ3) is 2.88. The average molecular weight is 347 g/mol. The largest absolute Gasteiger partial charge is 0.314 e. The van der Waals surface area contributed by atoms with E-state index < -0.39 is 11.6 Å². The zero-order valence-corrected chi connectivity index (χ0v) is 14.2. The van der Waals surface area contributed by atoms with E-state index >= 15 is 0 Å². The molecule has 130 valence electrons. The monoisotopic (exact) mass is 347 g/mol. The van der Waals surface area contributed by atoms with Crippen molar-refractivity contribution in [2.24, 2.45) is 0 Å². The second kappa shape index (κ2) is 6.71. The Morgan fingerprint density at radius 1 is 0.962 bits per heavy atom. The molecule has 1 aromatic carbocycles. The Balaban J connectivity index is 1.83. The molecule has 0 aliphatic heterocycles. The van der Waals surface area contributed by atoms with Gasteiger partial charge in [0.2, 0.25) is 5.78 Å². The summed E-state index contributed by atoms with van der Waals surface area (Å²) in [4.78, 5) is 25.8. The lowest BCUT2D eigenvalue weighted by Crippen LogP contribution is -2.13. The predicted molar refractivity (Wildman–Crippen MR) is 98.1 cm³/mol. The van der Waals surface area contributed by atoms with E-state index in [1.165, 1.54) is 12.1 Å². The highest BCUT2D eigenvalue weighted by molar-refractivity contribution is 6.13. The molecular weight excluding hydrogens is 329 g/mol. The summed E-state index contributed by atoms with van der Waals surface area (Å²) in [6.45, 7) is 0.